The molecule has 78 valence electrons. The first-order valence-corrected chi connectivity index (χ1v) is 4.18. The highest BCUT2D eigenvalue weighted by Gasteiger charge is 2.18. The van der Waals surface area contributed by atoms with E-state index in [4.69, 9.17) is 10.8 Å². The smallest absolute Gasteiger partial charge is 0.144 e. The van der Waals surface area contributed by atoms with Crippen molar-refractivity contribution in [3.8, 4) is 0 Å². The van der Waals surface area contributed by atoms with Gasteiger partial charge >= 0.3 is 0 Å². The first-order valence-electron chi connectivity index (χ1n) is 4.18. The van der Waals surface area contributed by atoms with Gasteiger partial charge in [0.25, 0.3) is 0 Å². The Hall–Kier alpha value is -1.40. The van der Waals surface area contributed by atoms with E-state index >= 15 is 0 Å². The molecule has 0 aromatic carbocycles. The highest BCUT2D eigenvalue weighted by Crippen LogP contribution is 2.06. The van der Waals surface area contributed by atoms with Crippen LogP contribution >= 0.6 is 0 Å². The lowest BCUT2D eigenvalue weighted by molar-refractivity contribution is 0.0131. The Labute approximate surface area is 81.8 Å². The zero-order valence-electron chi connectivity index (χ0n) is 7.94. The third kappa shape index (κ3) is 3.15. The predicted molar refractivity (Wildman–Crippen MR) is 52.6 cm³/mol. The van der Waals surface area contributed by atoms with Crippen molar-refractivity contribution in [1.29, 1.82) is 0 Å². The van der Waals surface area contributed by atoms with Gasteiger partial charge < -0.3 is 21.3 Å². The molecule has 14 heavy (non-hydrogen) atoms. The Kier molecular flexibility index (Phi) is 3.21. The Balaban J connectivity index is 2.50. The number of nitrogens with one attached hydrogen (secondary N) is 1. The van der Waals surface area contributed by atoms with Crippen molar-refractivity contribution in [1.82, 2.24) is 9.97 Å². The molecule has 1 unspecified atom stereocenters. The average molecular weight is 198 g/mol. The second-order valence-corrected chi connectivity index (χ2v) is 3.34. The predicted octanol–water partition coefficient (Wildman–Crippen LogP) is -0.786. The monoisotopic (exact) mass is 198 g/mol. The molecule has 0 aliphatic rings. The fourth-order valence-electron chi connectivity index (χ4n) is 0.766. The van der Waals surface area contributed by atoms with Crippen LogP contribution < -0.4 is 11.1 Å². The summed E-state index contributed by atoms with van der Waals surface area (Å²) in [5.41, 5.74) is 4.18. The van der Waals surface area contributed by atoms with Crippen LogP contribution in [-0.4, -0.2) is 38.9 Å². The second-order valence-electron chi connectivity index (χ2n) is 3.34. The van der Waals surface area contributed by atoms with Crippen LogP contribution in [-0.2, 0) is 0 Å². The maximum atomic E-state index is 9.45. The third-order valence-corrected chi connectivity index (χ3v) is 1.66. The maximum absolute atomic E-state index is 9.45. The first-order chi connectivity index (χ1) is 6.53. The van der Waals surface area contributed by atoms with E-state index in [1.54, 1.807) is 0 Å². The first kappa shape index (κ1) is 10.7. The zero-order valence-corrected chi connectivity index (χ0v) is 7.94. The van der Waals surface area contributed by atoms with E-state index in [0.29, 0.717) is 11.6 Å². The molecule has 1 aromatic heterocycles. The summed E-state index contributed by atoms with van der Waals surface area (Å²) in [7, 11) is 0. The minimum Gasteiger partial charge on any atom is -0.393 e. The van der Waals surface area contributed by atoms with Gasteiger partial charge in [-0.2, -0.15) is 0 Å². The average Bonchev–Trinajstić information content (AvgIpc) is 2.17. The topological polar surface area (TPSA) is 104 Å². The van der Waals surface area contributed by atoms with E-state index in [1.807, 2.05) is 0 Å². The van der Waals surface area contributed by atoms with Crippen LogP contribution in [0.2, 0.25) is 0 Å². The van der Waals surface area contributed by atoms with Crippen LogP contribution in [0.5, 0.6) is 0 Å². The maximum Gasteiger partial charge on any atom is 0.144 e. The van der Waals surface area contributed by atoms with Crippen molar-refractivity contribution in [3.63, 3.8) is 0 Å². The molecule has 0 saturated heterocycles. The Bertz CT molecular complexity index is 286. The van der Waals surface area contributed by atoms with Crippen molar-refractivity contribution < 1.29 is 10.2 Å². The lowest BCUT2D eigenvalue weighted by Crippen LogP contribution is -2.37. The summed E-state index contributed by atoms with van der Waals surface area (Å²) in [6.07, 6.45) is 2.87. The van der Waals surface area contributed by atoms with Gasteiger partial charge in [-0.15, -0.1) is 0 Å². The molecule has 0 bridgehead atoms. The summed E-state index contributed by atoms with van der Waals surface area (Å²) in [6.45, 7) is 1.40. The molecule has 1 atom stereocenters. The number of hydrogen-bond donors (Lipinski definition) is 4. The number of anilines is 2. The van der Waals surface area contributed by atoms with Gasteiger partial charge in [-0.25, -0.2) is 9.97 Å². The van der Waals surface area contributed by atoms with Gasteiger partial charge in [0.1, 0.15) is 17.2 Å². The largest absolute Gasteiger partial charge is 0.393 e. The van der Waals surface area contributed by atoms with Gasteiger partial charge in [0, 0.05) is 6.54 Å². The van der Waals surface area contributed by atoms with Crippen LogP contribution in [0.25, 0.3) is 0 Å². The van der Waals surface area contributed by atoms with Crippen molar-refractivity contribution >= 4 is 11.6 Å². The van der Waals surface area contributed by atoms with Crippen molar-refractivity contribution in [3.05, 3.63) is 12.4 Å². The van der Waals surface area contributed by atoms with E-state index in [0.717, 1.165) is 0 Å². The quantitative estimate of drug-likeness (QED) is 0.505. The molecule has 0 amide bonds. The number of nitrogens with two attached hydrogens (primary N) is 1. The zero-order chi connectivity index (χ0) is 10.6. The number of nitrogens with zero attached hydrogens (tertiary/aromatic N) is 2. The van der Waals surface area contributed by atoms with E-state index in [-0.39, 0.29) is 13.2 Å². The van der Waals surface area contributed by atoms with Gasteiger partial charge in [-0.1, -0.05) is 0 Å². The highest BCUT2D eigenvalue weighted by atomic mass is 16.3. The van der Waals surface area contributed by atoms with Gasteiger partial charge in [-0.3, -0.25) is 0 Å². The molecule has 6 nitrogen and oxygen atoms in total. The van der Waals surface area contributed by atoms with Crippen molar-refractivity contribution in [2.24, 2.45) is 0 Å². The fourth-order valence-corrected chi connectivity index (χ4v) is 0.766. The van der Waals surface area contributed by atoms with E-state index < -0.39 is 5.60 Å². The number of aliphatic hydroxyl groups is 2. The molecule has 1 rings (SSSR count). The van der Waals surface area contributed by atoms with Crippen LogP contribution in [0.3, 0.4) is 0 Å². The second kappa shape index (κ2) is 4.21. The molecule has 1 aromatic rings. The number of aromatic nitrogens is 2. The lowest BCUT2D eigenvalue weighted by atomic mass is 10.1. The van der Waals surface area contributed by atoms with E-state index in [2.05, 4.69) is 15.3 Å². The molecule has 6 heteroatoms. The van der Waals surface area contributed by atoms with Crippen molar-refractivity contribution in [2.45, 2.75) is 12.5 Å². The van der Waals surface area contributed by atoms with Crippen LogP contribution in [0, 0.1) is 0 Å². The lowest BCUT2D eigenvalue weighted by Gasteiger charge is -2.20. The third-order valence-electron chi connectivity index (χ3n) is 1.66. The molecule has 0 fully saturated rings. The number of aliphatic hydroxyl groups excluding tert-OH is 1. The number of rotatable bonds is 4. The van der Waals surface area contributed by atoms with Crippen LogP contribution in [0.15, 0.2) is 12.4 Å². The molecule has 5 N–H and O–H groups in total. The SMILES string of the molecule is CC(O)(CO)CNc1cnc(N)cn1. The Morgan fingerprint density at radius 1 is 1.50 bits per heavy atom. The molecular formula is C8H14N4O2. The summed E-state index contributed by atoms with van der Waals surface area (Å²) in [6, 6.07) is 0. The van der Waals surface area contributed by atoms with Crippen LogP contribution in [0.4, 0.5) is 11.6 Å². The summed E-state index contributed by atoms with van der Waals surface area (Å²) >= 11 is 0. The number of hydrogen-bond acceptors (Lipinski definition) is 6. The van der Waals surface area contributed by atoms with Gasteiger partial charge in [0.05, 0.1) is 19.0 Å². The standard InChI is InChI=1S/C8H14N4O2/c1-8(14,5-13)4-12-7-3-10-6(9)2-11-7/h2-3,13-14H,4-5H2,1H3,(H2,9,10)(H,11,12). The molecular weight excluding hydrogens is 184 g/mol. The summed E-state index contributed by atoms with van der Waals surface area (Å²) < 4.78 is 0. The van der Waals surface area contributed by atoms with E-state index in [1.165, 1.54) is 19.3 Å². The minimum absolute atomic E-state index is 0.197. The molecule has 0 radical (unpaired) electrons. The van der Waals surface area contributed by atoms with Gasteiger partial charge in [0.15, 0.2) is 0 Å². The summed E-state index contributed by atoms with van der Waals surface area (Å²) in [5, 5.41) is 21.0. The molecule has 0 aliphatic carbocycles. The molecule has 1 heterocycles. The molecule has 0 aliphatic heterocycles. The molecule has 0 saturated carbocycles. The summed E-state index contributed by atoms with van der Waals surface area (Å²) in [5.74, 6) is 0.845. The van der Waals surface area contributed by atoms with Gasteiger partial charge in [-0.05, 0) is 6.92 Å². The Morgan fingerprint density at radius 2 is 2.21 bits per heavy atom. The minimum atomic E-state index is -1.16. The van der Waals surface area contributed by atoms with E-state index in [9.17, 15) is 5.11 Å². The van der Waals surface area contributed by atoms with Crippen LogP contribution in [0.1, 0.15) is 6.92 Å². The highest BCUT2D eigenvalue weighted by molar-refractivity contribution is 5.36. The summed E-state index contributed by atoms with van der Waals surface area (Å²) in [4.78, 5) is 7.74. The Morgan fingerprint density at radius 3 is 2.71 bits per heavy atom. The van der Waals surface area contributed by atoms with Gasteiger partial charge in [0.2, 0.25) is 0 Å². The van der Waals surface area contributed by atoms with Crippen molar-refractivity contribution in [2.75, 3.05) is 24.2 Å². The fraction of sp³-hybridized carbons (Fsp3) is 0.500. The molecule has 0 spiro atoms. The number of nitrogen functional groups attached to an aromatic ring is 1. The normalized spacial score (nSPS) is 14.8.